The lowest BCUT2D eigenvalue weighted by molar-refractivity contribution is 0.573. The van der Waals surface area contributed by atoms with Crippen LogP contribution >= 0.6 is 0 Å². The Hall–Kier alpha value is -3.29. The van der Waals surface area contributed by atoms with Gasteiger partial charge in [-0.1, -0.05) is 6.07 Å². The van der Waals surface area contributed by atoms with Crippen LogP contribution in [0.4, 0.5) is 16.0 Å². The molecule has 8 heteroatoms. The topological polar surface area (TPSA) is 73.5 Å². The lowest BCUT2D eigenvalue weighted by atomic mass is 10.3. The van der Waals surface area contributed by atoms with Gasteiger partial charge in [-0.15, -0.1) is 0 Å². The zero-order valence-electron chi connectivity index (χ0n) is 12.9. The molecule has 4 rings (SSSR count). The predicted octanol–water partition coefficient (Wildman–Crippen LogP) is 2.49. The minimum absolute atomic E-state index is 0.435. The molecule has 0 atom stereocenters. The number of rotatable bonds is 4. The molecule has 0 aliphatic rings. The van der Waals surface area contributed by atoms with Crippen LogP contribution in [-0.2, 0) is 13.6 Å². The molecular formula is C16H14FN7. The molecule has 0 amide bonds. The van der Waals surface area contributed by atoms with E-state index in [2.05, 4.69) is 25.4 Å². The number of halogens is 1. The Morgan fingerprint density at radius 2 is 2.08 bits per heavy atom. The molecule has 0 aromatic carbocycles. The van der Waals surface area contributed by atoms with Crippen molar-refractivity contribution in [2.24, 2.45) is 7.05 Å². The number of pyridine rings is 1. The van der Waals surface area contributed by atoms with Crippen molar-refractivity contribution in [2.75, 3.05) is 5.32 Å². The van der Waals surface area contributed by atoms with Gasteiger partial charge >= 0.3 is 0 Å². The van der Waals surface area contributed by atoms with Gasteiger partial charge in [0.25, 0.3) is 0 Å². The monoisotopic (exact) mass is 323 g/mol. The summed E-state index contributed by atoms with van der Waals surface area (Å²) in [6, 6.07) is 6.68. The smallest absolute Gasteiger partial charge is 0.229 e. The van der Waals surface area contributed by atoms with Gasteiger partial charge in [-0.2, -0.15) is 14.5 Å². The molecule has 4 aromatic heterocycles. The van der Waals surface area contributed by atoms with Gasteiger partial charge in [0.15, 0.2) is 0 Å². The van der Waals surface area contributed by atoms with Gasteiger partial charge in [0.05, 0.1) is 24.1 Å². The van der Waals surface area contributed by atoms with E-state index in [1.807, 2.05) is 30.1 Å². The Labute approximate surface area is 136 Å². The molecule has 0 aliphatic heterocycles. The van der Waals surface area contributed by atoms with Gasteiger partial charge in [-0.3, -0.25) is 4.68 Å². The molecule has 0 saturated heterocycles. The number of hydrogen-bond donors (Lipinski definition) is 1. The third-order valence-corrected chi connectivity index (χ3v) is 3.57. The normalized spacial score (nSPS) is 11.1. The molecule has 4 aromatic rings. The predicted molar refractivity (Wildman–Crippen MR) is 87.3 cm³/mol. The Bertz CT molecular complexity index is 1000. The zero-order valence-corrected chi connectivity index (χ0v) is 12.9. The average molecular weight is 323 g/mol. The van der Waals surface area contributed by atoms with E-state index in [9.17, 15) is 4.39 Å². The zero-order chi connectivity index (χ0) is 16.5. The van der Waals surface area contributed by atoms with E-state index in [0.717, 1.165) is 16.7 Å². The van der Waals surface area contributed by atoms with E-state index < -0.39 is 5.95 Å². The van der Waals surface area contributed by atoms with Crippen molar-refractivity contribution in [3.63, 3.8) is 0 Å². The van der Waals surface area contributed by atoms with Crippen LogP contribution in [0.15, 0.2) is 49.1 Å². The maximum absolute atomic E-state index is 13.3. The van der Waals surface area contributed by atoms with Crippen LogP contribution in [0.5, 0.6) is 0 Å². The van der Waals surface area contributed by atoms with Gasteiger partial charge in [0.1, 0.15) is 5.65 Å². The van der Waals surface area contributed by atoms with E-state index in [4.69, 9.17) is 0 Å². The minimum Gasteiger partial charge on any atom is -0.326 e. The van der Waals surface area contributed by atoms with E-state index in [1.54, 1.807) is 29.2 Å². The number of anilines is 2. The average Bonchev–Trinajstić information content (AvgIpc) is 3.14. The van der Waals surface area contributed by atoms with E-state index >= 15 is 0 Å². The molecule has 0 aliphatic carbocycles. The summed E-state index contributed by atoms with van der Waals surface area (Å²) in [5.74, 6) is -0.0137. The highest BCUT2D eigenvalue weighted by atomic mass is 19.1. The summed E-state index contributed by atoms with van der Waals surface area (Å²) < 4.78 is 16.9. The van der Waals surface area contributed by atoms with Gasteiger partial charge in [0, 0.05) is 31.0 Å². The highest BCUT2D eigenvalue weighted by Crippen LogP contribution is 2.18. The highest BCUT2D eigenvalue weighted by molar-refractivity contribution is 5.76. The van der Waals surface area contributed by atoms with Crippen LogP contribution in [-0.4, -0.2) is 29.3 Å². The molecule has 0 saturated carbocycles. The SMILES string of the molecule is Cn1cc(Nc2ncc3ccn(Cc4cccc(F)n4)c3n2)cn1. The summed E-state index contributed by atoms with van der Waals surface area (Å²) >= 11 is 0. The summed E-state index contributed by atoms with van der Waals surface area (Å²) in [5.41, 5.74) is 2.19. The number of aromatic nitrogens is 6. The highest BCUT2D eigenvalue weighted by Gasteiger charge is 2.08. The first-order valence-electron chi connectivity index (χ1n) is 7.36. The van der Waals surface area contributed by atoms with Gasteiger partial charge in [-0.25, -0.2) is 9.97 Å². The summed E-state index contributed by atoms with van der Waals surface area (Å²) in [7, 11) is 1.84. The number of nitrogens with zero attached hydrogens (tertiary/aromatic N) is 6. The van der Waals surface area contributed by atoms with E-state index in [0.29, 0.717) is 18.2 Å². The first-order valence-corrected chi connectivity index (χ1v) is 7.36. The van der Waals surface area contributed by atoms with Crippen LogP contribution in [0.1, 0.15) is 5.69 Å². The summed E-state index contributed by atoms with van der Waals surface area (Å²) in [6.07, 6.45) is 7.17. The van der Waals surface area contributed by atoms with Gasteiger partial charge in [-0.05, 0) is 18.2 Å². The lowest BCUT2D eigenvalue weighted by Crippen LogP contribution is -2.04. The third-order valence-electron chi connectivity index (χ3n) is 3.57. The summed E-state index contributed by atoms with van der Waals surface area (Å²) in [4.78, 5) is 12.7. The summed E-state index contributed by atoms with van der Waals surface area (Å²) in [6.45, 7) is 0.435. The Kier molecular flexibility index (Phi) is 3.42. The van der Waals surface area contributed by atoms with E-state index in [-0.39, 0.29) is 0 Å². The molecule has 0 spiro atoms. The van der Waals surface area contributed by atoms with Crippen molar-refractivity contribution in [1.29, 1.82) is 0 Å². The molecule has 0 unspecified atom stereocenters. The largest absolute Gasteiger partial charge is 0.326 e. The summed E-state index contributed by atoms with van der Waals surface area (Å²) in [5, 5.41) is 8.11. The van der Waals surface area contributed by atoms with Crippen LogP contribution in [0, 0.1) is 5.95 Å². The van der Waals surface area contributed by atoms with Crippen molar-refractivity contribution in [3.05, 3.63) is 60.7 Å². The first-order chi connectivity index (χ1) is 11.7. The fraction of sp³-hybridized carbons (Fsp3) is 0.125. The molecule has 24 heavy (non-hydrogen) atoms. The van der Waals surface area contributed by atoms with Crippen molar-refractivity contribution in [3.8, 4) is 0 Å². The number of hydrogen-bond acceptors (Lipinski definition) is 5. The first kappa shape index (κ1) is 14.3. The van der Waals surface area contributed by atoms with Crippen molar-refractivity contribution in [1.82, 2.24) is 29.3 Å². The maximum atomic E-state index is 13.3. The second-order valence-corrected chi connectivity index (χ2v) is 5.40. The Morgan fingerprint density at radius 1 is 1.17 bits per heavy atom. The van der Waals surface area contributed by atoms with Crippen LogP contribution in [0.2, 0.25) is 0 Å². The molecule has 7 nitrogen and oxygen atoms in total. The third kappa shape index (κ3) is 2.81. The van der Waals surface area contributed by atoms with Crippen LogP contribution in [0.25, 0.3) is 11.0 Å². The Morgan fingerprint density at radius 3 is 2.88 bits per heavy atom. The van der Waals surface area contributed by atoms with Gasteiger partial charge < -0.3 is 9.88 Å². The fourth-order valence-electron chi connectivity index (χ4n) is 2.49. The Balaban J connectivity index is 1.65. The van der Waals surface area contributed by atoms with Crippen LogP contribution in [0.3, 0.4) is 0 Å². The number of aryl methyl sites for hydroxylation is 1. The maximum Gasteiger partial charge on any atom is 0.229 e. The lowest BCUT2D eigenvalue weighted by Gasteiger charge is -2.06. The molecule has 0 bridgehead atoms. The molecule has 0 fully saturated rings. The van der Waals surface area contributed by atoms with Gasteiger partial charge in [0.2, 0.25) is 11.9 Å². The number of nitrogens with one attached hydrogen (secondary N) is 1. The van der Waals surface area contributed by atoms with Crippen molar-refractivity contribution < 1.29 is 4.39 Å². The number of fused-ring (bicyclic) bond motifs is 1. The van der Waals surface area contributed by atoms with E-state index in [1.165, 1.54) is 6.07 Å². The second kappa shape index (κ2) is 5.73. The fourth-order valence-corrected chi connectivity index (χ4v) is 2.49. The minimum atomic E-state index is -0.488. The van der Waals surface area contributed by atoms with Crippen molar-refractivity contribution in [2.45, 2.75) is 6.54 Å². The van der Waals surface area contributed by atoms with Crippen molar-refractivity contribution >= 4 is 22.7 Å². The quantitative estimate of drug-likeness (QED) is 0.584. The molecule has 4 heterocycles. The standard InChI is InChI=1S/C16H14FN7/c1-23-9-13(8-19-23)21-16-18-7-11-5-6-24(15(11)22-16)10-12-3-2-4-14(17)20-12/h2-9H,10H2,1H3,(H,18,21,22). The molecular weight excluding hydrogens is 309 g/mol. The molecule has 120 valence electrons. The molecule has 1 N–H and O–H groups in total. The second-order valence-electron chi connectivity index (χ2n) is 5.40. The van der Waals surface area contributed by atoms with Crippen LogP contribution < -0.4 is 5.32 Å². The molecule has 0 radical (unpaired) electrons.